The number of carbonyl (C=O) groups is 1. The van der Waals surface area contributed by atoms with E-state index in [1.165, 1.54) is 19.3 Å². The number of hydrogen-bond donors (Lipinski definition) is 0. The standard InChI is InChI=1S/C18H24ClNO.ClH/c1-18(2,14-20-12-4-3-5-13-20)17(21)11-8-15-6-9-16(19)10-7-15;/h6-11H,3-5,12-14H2,1-2H3;1H. The molecule has 1 aliphatic rings. The third-order valence-electron chi connectivity index (χ3n) is 4.03. The number of nitrogens with zero attached hydrogens (tertiary/aromatic N) is 1. The molecular formula is C18H25Cl2NO. The zero-order valence-corrected chi connectivity index (χ0v) is 14.9. The second kappa shape index (κ2) is 8.71. The Bertz CT molecular complexity index is 502. The summed E-state index contributed by atoms with van der Waals surface area (Å²) in [6, 6.07) is 7.52. The highest BCUT2D eigenvalue weighted by molar-refractivity contribution is 6.30. The molecule has 0 spiro atoms. The Balaban J connectivity index is 0.00000242. The van der Waals surface area contributed by atoms with Crippen LogP contribution in [0.15, 0.2) is 30.3 Å². The average molecular weight is 342 g/mol. The summed E-state index contributed by atoms with van der Waals surface area (Å²) in [7, 11) is 0. The highest BCUT2D eigenvalue weighted by Gasteiger charge is 2.28. The molecule has 0 atom stereocenters. The van der Waals surface area contributed by atoms with Crippen molar-refractivity contribution in [1.29, 1.82) is 0 Å². The van der Waals surface area contributed by atoms with E-state index in [9.17, 15) is 4.79 Å². The second-order valence-electron chi connectivity index (χ2n) is 6.47. The predicted octanol–water partition coefficient (Wildman–Crippen LogP) is 4.86. The van der Waals surface area contributed by atoms with Crippen molar-refractivity contribution >= 4 is 35.9 Å². The van der Waals surface area contributed by atoms with Gasteiger partial charge in [0.1, 0.15) is 0 Å². The summed E-state index contributed by atoms with van der Waals surface area (Å²) in [5.41, 5.74) is 0.668. The first-order valence-corrected chi connectivity index (χ1v) is 8.06. The van der Waals surface area contributed by atoms with Gasteiger partial charge < -0.3 is 4.90 Å². The molecule has 1 aliphatic heterocycles. The number of halogens is 2. The smallest absolute Gasteiger partial charge is 0.162 e. The zero-order chi connectivity index (χ0) is 15.3. The molecule has 2 rings (SSSR count). The van der Waals surface area contributed by atoms with E-state index in [-0.39, 0.29) is 23.6 Å². The summed E-state index contributed by atoms with van der Waals surface area (Å²) in [6.45, 7) is 7.16. The largest absolute Gasteiger partial charge is 0.302 e. The van der Waals surface area contributed by atoms with Crippen molar-refractivity contribution in [3.8, 4) is 0 Å². The average Bonchev–Trinajstić information content (AvgIpc) is 2.47. The van der Waals surface area contributed by atoms with Crippen LogP contribution in [0.5, 0.6) is 0 Å². The topological polar surface area (TPSA) is 20.3 Å². The summed E-state index contributed by atoms with van der Waals surface area (Å²) in [5, 5.41) is 0.712. The lowest BCUT2D eigenvalue weighted by Gasteiger charge is -2.33. The number of likely N-dealkylation sites (tertiary alicyclic amines) is 1. The van der Waals surface area contributed by atoms with Gasteiger partial charge in [-0.1, -0.05) is 50.1 Å². The van der Waals surface area contributed by atoms with Gasteiger partial charge in [0.25, 0.3) is 0 Å². The van der Waals surface area contributed by atoms with Gasteiger partial charge >= 0.3 is 0 Å². The first-order chi connectivity index (χ1) is 9.97. The third kappa shape index (κ3) is 5.75. The van der Waals surface area contributed by atoms with Gasteiger partial charge in [-0.15, -0.1) is 12.4 Å². The molecule has 0 bridgehead atoms. The maximum absolute atomic E-state index is 12.4. The number of carbonyl (C=O) groups excluding carboxylic acids is 1. The van der Waals surface area contributed by atoms with E-state index in [1.807, 2.05) is 44.2 Å². The minimum Gasteiger partial charge on any atom is -0.302 e. The highest BCUT2D eigenvalue weighted by Crippen LogP contribution is 2.22. The fraction of sp³-hybridized carbons (Fsp3) is 0.500. The first-order valence-electron chi connectivity index (χ1n) is 7.68. The number of benzene rings is 1. The lowest BCUT2D eigenvalue weighted by atomic mass is 9.86. The van der Waals surface area contributed by atoms with Crippen molar-refractivity contribution in [2.75, 3.05) is 19.6 Å². The molecule has 0 saturated carbocycles. The molecule has 1 aromatic carbocycles. The Labute approximate surface area is 144 Å². The highest BCUT2D eigenvalue weighted by atomic mass is 35.5. The van der Waals surface area contributed by atoms with E-state index >= 15 is 0 Å². The summed E-state index contributed by atoms with van der Waals surface area (Å²) >= 11 is 5.86. The van der Waals surface area contributed by atoms with Crippen molar-refractivity contribution < 1.29 is 4.79 Å². The molecular weight excluding hydrogens is 317 g/mol. The van der Waals surface area contributed by atoms with Crippen LogP contribution in [-0.4, -0.2) is 30.3 Å². The number of rotatable bonds is 5. The molecule has 4 heteroatoms. The molecule has 1 saturated heterocycles. The van der Waals surface area contributed by atoms with Crippen LogP contribution in [-0.2, 0) is 4.79 Å². The van der Waals surface area contributed by atoms with Gasteiger partial charge in [0.2, 0.25) is 0 Å². The predicted molar refractivity (Wildman–Crippen MR) is 96.8 cm³/mol. The molecule has 0 aromatic heterocycles. The Hall–Kier alpha value is -0.830. The van der Waals surface area contributed by atoms with E-state index in [1.54, 1.807) is 6.08 Å². The van der Waals surface area contributed by atoms with Gasteiger partial charge in [-0.25, -0.2) is 0 Å². The molecule has 0 aliphatic carbocycles. The van der Waals surface area contributed by atoms with Crippen LogP contribution in [0, 0.1) is 5.41 Å². The van der Waals surface area contributed by atoms with Crippen LogP contribution in [0.1, 0.15) is 38.7 Å². The van der Waals surface area contributed by atoms with E-state index in [4.69, 9.17) is 11.6 Å². The van der Waals surface area contributed by atoms with Crippen molar-refractivity contribution in [3.05, 3.63) is 40.9 Å². The van der Waals surface area contributed by atoms with Crippen LogP contribution in [0.2, 0.25) is 5.02 Å². The Morgan fingerprint density at radius 3 is 2.36 bits per heavy atom. The fourth-order valence-electron chi connectivity index (χ4n) is 2.73. The van der Waals surface area contributed by atoms with Gasteiger partial charge in [-0.3, -0.25) is 4.79 Å². The Kier molecular flexibility index (Phi) is 7.61. The van der Waals surface area contributed by atoms with Crippen molar-refractivity contribution in [2.24, 2.45) is 5.41 Å². The molecule has 1 heterocycles. The summed E-state index contributed by atoms with van der Waals surface area (Å²) in [5.74, 6) is 0.183. The van der Waals surface area contributed by atoms with Crippen LogP contribution < -0.4 is 0 Å². The van der Waals surface area contributed by atoms with Gasteiger partial charge in [0, 0.05) is 17.0 Å². The van der Waals surface area contributed by atoms with E-state index in [2.05, 4.69) is 4.90 Å². The fourth-order valence-corrected chi connectivity index (χ4v) is 2.85. The number of allylic oxidation sites excluding steroid dienone is 1. The SMILES string of the molecule is CC(C)(CN1CCCCC1)C(=O)C=Cc1ccc(Cl)cc1.Cl. The lowest BCUT2D eigenvalue weighted by molar-refractivity contribution is -0.123. The number of piperidine rings is 1. The Morgan fingerprint density at radius 2 is 1.77 bits per heavy atom. The lowest BCUT2D eigenvalue weighted by Crippen LogP contribution is -2.41. The van der Waals surface area contributed by atoms with Crippen LogP contribution in [0.25, 0.3) is 6.08 Å². The van der Waals surface area contributed by atoms with E-state index in [0.717, 1.165) is 25.2 Å². The molecule has 0 N–H and O–H groups in total. The van der Waals surface area contributed by atoms with Crippen molar-refractivity contribution in [2.45, 2.75) is 33.1 Å². The van der Waals surface area contributed by atoms with Crippen LogP contribution in [0.3, 0.4) is 0 Å². The Morgan fingerprint density at radius 1 is 1.18 bits per heavy atom. The van der Waals surface area contributed by atoms with Gasteiger partial charge in [-0.05, 0) is 49.7 Å². The molecule has 2 nitrogen and oxygen atoms in total. The quantitative estimate of drug-likeness (QED) is 0.713. The van der Waals surface area contributed by atoms with E-state index in [0.29, 0.717) is 5.02 Å². The maximum atomic E-state index is 12.4. The minimum atomic E-state index is -0.333. The molecule has 1 fully saturated rings. The first kappa shape index (κ1) is 19.2. The summed E-state index contributed by atoms with van der Waals surface area (Å²) < 4.78 is 0. The molecule has 0 radical (unpaired) electrons. The van der Waals surface area contributed by atoms with Crippen molar-refractivity contribution in [1.82, 2.24) is 4.90 Å². The van der Waals surface area contributed by atoms with E-state index < -0.39 is 0 Å². The zero-order valence-electron chi connectivity index (χ0n) is 13.3. The molecule has 22 heavy (non-hydrogen) atoms. The molecule has 0 unspecified atom stereocenters. The van der Waals surface area contributed by atoms with Gasteiger partial charge in [0.05, 0.1) is 0 Å². The monoisotopic (exact) mass is 341 g/mol. The van der Waals surface area contributed by atoms with Crippen molar-refractivity contribution in [3.63, 3.8) is 0 Å². The molecule has 1 aromatic rings. The van der Waals surface area contributed by atoms with Crippen LogP contribution in [0.4, 0.5) is 0 Å². The normalized spacial score (nSPS) is 16.5. The summed E-state index contributed by atoms with van der Waals surface area (Å²) in [6.07, 6.45) is 7.40. The van der Waals surface area contributed by atoms with Gasteiger partial charge in [-0.2, -0.15) is 0 Å². The molecule has 0 amide bonds. The molecule has 122 valence electrons. The summed E-state index contributed by atoms with van der Waals surface area (Å²) in [4.78, 5) is 14.9. The number of hydrogen-bond acceptors (Lipinski definition) is 2. The second-order valence-corrected chi connectivity index (χ2v) is 6.91. The third-order valence-corrected chi connectivity index (χ3v) is 4.28. The van der Waals surface area contributed by atoms with Crippen LogP contribution >= 0.6 is 24.0 Å². The maximum Gasteiger partial charge on any atom is 0.162 e. The number of ketones is 1. The minimum absolute atomic E-state index is 0. The van der Waals surface area contributed by atoms with Gasteiger partial charge in [0.15, 0.2) is 5.78 Å².